The van der Waals surface area contributed by atoms with Gasteiger partial charge in [-0.25, -0.2) is 0 Å². The highest BCUT2D eigenvalue weighted by Crippen LogP contribution is 2.19. The number of unbranched alkanes of at least 4 members (excludes halogenated alkanes) is 52. The van der Waals surface area contributed by atoms with Gasteiger partial charge in [0.05, 0.1) is 25.4 Å². The molecule has 0 aromatic heterocycles. The van der Waals surface area contributed by atoms with E-state index in [1.807, 2.05) is 6.08 Å². The summed E-state index contributed by atoms with van der Waals surface area (Å²) in [5, 5.41) is 23.1. The SMILES string of the molecule is CCCCCCCC/C=C\CCCCCCCCCCCC(=O)OCCCCCCCCCCCCCCCCCCCCCCCCCCCCCC(=O)NC(CO)C(O)/C=C/CCCCCCCCCCCCC. The van der Waals surface area contributed by atoms with Crippen LogP contribution >= 0.6 is 0 Å². The number of esters is 1. The van der Waals surface area contributed by atoms with Crippen molar-refractivity contribution in [2.45, 2.75) is 398 Å². The zero-order chi connectivity index (χ0) is 55.0. The Morgan fingerprint density at radius 2 is 0.618 bits per heavy atom. The zero-order valence-electron chi connectivity index (χ0n) is 51.5. The maximum atomic E-state index is 12.5. The predicted molar refractivity (Wildman–Crippen MR) is 333 cm³/mol. The normalized spacial score (nSPS) is 12.6. The van der Waals surface area contributed by atoms with Crippen molar-refractivity contribution in [1.29, 1.82) is 0 Å². The summed E-state index contributed by atoms with van der Waals surface area (Å²) in [5.41, 5.74) is 0. The Morgan fingerprint density at radius 3 is 0.934 bits per heavy atom. The molecule has 0 spiro atoms. The van der Waals surface area contributed by atoms with Crippen LogP contribution in [0.4, 0.5) is 0 Å². The Morgan fingerprint density at radius 1 is 0.355 bits per heavy atom. The fourth-order valence-corrected chi connectivity index (χ4v) is 10.9. The molecule has 0 aromatic rings. The predicted octanol–water partition coefficient (Wildman–Crippen LogP) is 22.1. The van der Waals surface area contributed by atoms with Crippen LogP contribution in [0.15, 0.2) is 24.3 Å². The van der Waals surface area contributed by atoms with Crippen LogP contribution < -0.4 is 5.32 Å². The standard InChI is InChI=1S/C70H135NO5/c1-3-5-7-9-11-13-15-17-18-19-29-33-36-40-44-48-52-56-60-64-70(75)76-65-61-57-53-49-45-41-37-34-31-28-26-24-22-20-21-23-25-27-30-32-35-39-43-47-51-55-59-63-69(74)71-67(66-72)68(73)62-58-54-50-46-42-38-16-14-12-10-8-6-4-2/h17-18,58,62,67-68,72-73H,3-16,19-57,59-61,63-66H2,1-2H3,(H,71,74)/b18-17-,62-58+. The van der Waals surface area contributed by atoms with E-state index in [0.29, 0.717) is 19.4 Å². The minimum Gasteiger partial charge on any atom is -0.466 e. The second kappa shape index (κ2) is 65.9. The first-order valence-corrected chi connectivity index (χ1v) is 34.6. The van der Waals surface area contributed by atoms with Gasteiger partial charge in [-0.15, -0.1) is 0 Å². The average molecular weight is 1070 g/mol. The molecule has 0 saturated carbocycles. The second-order valence-corrected chi connectivity index (χ2v) is 23.9. The second-order valence-electron chi connectivity index (χ2n) is 23.9. The molecule has 0 radical (unpaired) electrons. The first-order chi connectivity index (χ1) is 37.5. The summed E-state index contributed by atoms with van der Waals surface area (Å²) in [6, 6.07) is -0.625. The van der Waals surface area contributed by atoms with Crippen molar-refractivity contribution in [3.63, 3.8) is 0 Å². The van der Waals surface area contributed by atoms with Crippen LogP contribution in [-0.2, 0) is 14.3 Å². The summed E-state index contributed by atoms with van der Waals surface area (Å²) < 4.78 is 5.51. The van der Waals surface area contributed by atoms with Gasteiger partial charge in [0.2, 0.25) is 5.91 Å². The molecule has 0 heterocycles. The number of carbonyl (C=O) groups excluding carboxylic acids is 2. The van der Waals surface area contributed by atoms with Crippen LogP contribution in [0.1, 0.15) is 386 Å². The van der Waals surface area contributed by atoms with Crippen molar-refractivity contribution in [3.05, 3.63) is 24.3 Å². The van der Waals surface area contributed by atoms with Gasteiger partial charge in [0.25, 0.3) is 0 Å². The van der Waals surface area contributed by atoms with E-state index < -0.39 is 12.1 Å². The van der Waals surface area contributed by atoms with E-state index in [2.05, 4.69) is 31.3 Å². The molecular formula is C70H135NO5. The molecule has 0 saturated heterocycles. The van der Waals surface area contributed by atoms with E-state index in [0.717, 1.165) is 38.5 Å². The molecule has 2 atom stereocenters. The average Bonchev–Trinajstić information content (AvgIpc) is 3.42. The van der Waals surface area contributed by atoms with Gasteiger partial charge < -0.3 is 20.3 Å². The Bertz CT molecular complexity index is 1190. The van der Waals surface area contributed by atoms with E-state index >= 15 is 0 Å². The summed E-state index contributed by atoms with van der Waals surface area (Å²) in [4.78, 5) is 24.6. The van der Waals surface area contributed by atoms with Gasteiger partial charge in [-0.05, 0) is 57.8 Å². The lowest BCUT2D eigenvalue weighted by molar-refractivity contribution is -0.143. The number of nitrogens with one attached hydrogen (secondary N) is 1. The summed E-state index contributed by atoms with van der Waals surface area (Å²) in [5.74, 6) is -0.0459. The molecule has 450 valence electrons. The molecule has 6 nitrogen and oxygen atoms in total. The van der Waals surface area contributed by atoms with Crippen molar-refractivity contribution < 1.29 is 24.5 Å². The quantitative estimate of drug-likeness (QED) is 0.0320. The molecular weight excluding hydrogens is 935 g/mol. The highest BCUT2D eigenvalue weighted by atomic mass is 16.5. The van der Waals surface area contributed by atoms with Crippen LogP contribution in [0.5, 0.6) is 0 Å². The van der Waals surface area contributed by atoms with Gasteiger partial charge in [0, 0.05) is 12.8 Å². The Labute approximate surface area is 475 Å². The molecule has 6 heteroatoms. The highest BCUT2D eigenvalue weighted by Gasteiger charge is 2.18. The first kappa shape index (κ1) is 74.3. The minimum atomic E-state index is -0.841. The molecule has 0 aliphatic carbocycles. The molecule has 0 fully saturated rings. The maximum absolute atomic E-state index is 12.5. The number of aliphatic hydroxyl groups excluding tert-OH is 2. The Kier molecular flexibility index (Phi) is 64.4. The fraction of sp³-hybridized carbons (Fsp3) is 0.914. The van der Waals surface area contributed by atoms with Crippen molar-refractivity contribution in [2.24, 2.45) is 0 Å². The highest BCUT2D eigenvalue weighted by molar-refractivity contribution is 5.76. The molecule has 0 aromatic carbocycles. The zero-order valence-corrected chi connectivity index (χ0v) is 51.5. The van der Waals surface area contributed by atoms with Gasteiger partial charge in [-0.2, -0.15) is 0 Å². The van der Waals surface area contributed by atoms with Gasteiger partial charge in [0.15, 0.2) is 0 Å². The summed E-state index contributed by atoms with van der Waals surface area (Å²) >= 11 is 0. The number of hydrogen-bond acceptors (Lipinski definition) is 5. The molecule has 0 aliphatic heterocycles. The topological polar surface area (TPSA) is 95.9 Å². The molecule has 1 amide bonds. The smallest absolute Gasteiger partial charge is 0.305 e. The third-order valence-electron chi connectivity index (χ3n) is 16.2. The molecule has 0 rings (SSSR count). The summed E-state index contributed by atoms with van der Waals surface area (Å²) in [6.45, 7) is 4.93. The van der Waals surface area contributed by atoms with Crippen molar-refractivity contribution in [2.75, 3.05) is 13.2 Å². The lowest BCUT2D eigenvalue weighted by atomic mass is 10.0. The van der Waals surface area contributed by atoms with Crippen LogP contribution in [0.25, 0.3) is 0 Å². The van der Waals surface area contributed by atoms with Crippen LogP contribution in [0.3, 0.4) is 0 Å². The van der Waals surface area contributed by atoms with Gasteiger partial charge in [-0.1, -0.05) is 340 Å². The van der Waals surface area contributed by atoms with E-state index in [9.17, 15) is 19.8 Å². The van der Waals surface area contributed by atoms with Crippen molar-refractivity contribution >= 4 is 11.9 Å². The third-order valence-corrected chi connectivity index (χ3v) is 16.2. The van der Waals surface area contributed by atoms with Crippen LogP contribution in [0.2, 0.25) is 0 Å². The Hall–Kier alpha value is -1.66. The number of allylic oxidation sites excluding steroid dienone is 3. The number of rotatable bonds is 65. The van der Waals surface area contributed by atoms with E-state index in [1.165, 1.54) is 321 Å². The Balaban J connectivity index is 3.33. The van der Waals surface area contributed by atoms with Gasteiger partial charge in [-0.3, -0.25) is 9.59 Å². The van der Waals surface area contributed by atoms with Crippen molar-refractivity contribution in [1.82, 2.24) is 5.32 Å². The number of hydrogen-bond donors (Lipinski definition) is 3. The minimum absolute atomic E-state index is 0.0179. The maximum Gasteiger partial charge on any atom is 0.305 e. The van der Waals surface area contributed by atoms with Gasteiger partial charge >= 0.3 is 5.97 Å². The van der Waals surface area contributed by atoms with Crippen LogP contribution in [-0.4, -0.2) is 47.4 Å². The molecule has 0 aliphatic rings. The lowest BCUT2D eigenvalue weighted by Crippen LogP contribution is -2.45. The van der Waals surface area contributed by atoms with Crippen molar-refractivity contribution in [3.8, 4) is 0 Å². The summed E-state index contributed by atoms with van der Waals surface area (Å²) in [6.07, 6.45) is 82.5. The molecule has 3 N–H and O–H groups in total. The first-order valence-electron chi connectivity index (χ1n) is 34.6. The monoisotopic (exact) mass is 1070 g/mol. The number of aliphatic hydroxyl groups is 2. The van der Waals surface area contributed by atoms with E-state index in [4.69, 9.17) is 4.74 Å². The molecule has 0 bridgehead atoms. The van der Waals surface area contributed by atoms with Crippen LogP contribution in [0, 0.1) is 0 Å². The van der Waals surface area contributed by atoms with Gasteiger partial charge in [0.1, 0.15) is 0 Å². The third kappa shape index (κ3) is 61.6. The number of carbonyl (C=O) groups is 2. The largest absolute Gasteiger partial charge is 0.466 e. The lowest BCUT2D eigenvalue weighted by Gasteiger charge is -2.20. The fourth-order valence-electron chi connectivity index (χ4n) is 10.9. The summed E-state index contributed by atoms with van der Waals surface area (Å²) in [7, 11) is 0. The number of amides is 1. The number of ether oxygens (including phenoxy) is 1. The molecule has 2 unspecified atom stereocenters. The molecule has 76 heavy (non-hydrogen) atoms. The van der Waals surface area contributed by atoms with E-state index in [-0.39, 0.29) is 18.5 Å². The van der Waals surface area contributed by atoms with E-state index in [1.54, 1.807) is 6.08 Å².